The summed E-state index contributed by atoms with van der Waals surface area (Å²) in [7, 11) is 0. The fraction of sp³-hybridized carbons (Fsp3) is 0.647. The van der Waals surface area contributed by atoms with Crippen LogP contribution < -0.4 is 5.32 Å². The molecule has 0 spiro atoms. The normalized spacial score (nSPS) is 15.8. The molecule has 1 aliphatic heterocycles. The van der Waals surface area contributed by atoms with E-state index in [1.807, 2.05) is 6.92 Å². The highest BCUT2D eigenvalue weighted by molar-refractivity contribution is 14.0. The highest BCUT2D eigenvalue weighted by atomic mass is 127. The first-order chi connectivity index (χ1) is 11.2. The molecule has 1 aromatic rings. The Morgan fingerprint density at radius 3 is 2.75 bits per heavy atom. The number of carbonyl (C=O) groups excluding carboxylic acids is 1. The van der Waals surface area contributed by atoms with Gasteiger partial charge in [0.2, 0.25) is 0 Å². The van der Waals surface area contributed by atoms with E-state index in [4.69, 9.17) is 9.73 Å². The number of carbonyl (C=O) groups is 1. The molecular formula is C17H28IN3O2S. The fourth-order valence-electron chi connectivity index (χ4n) is 2.74. The summed E-state index contributed by atoms with van der Waals surface area (Å²) >= 11 is 1.78. The van der Waals surface area contributed by atoms with Crippen LogP contribution in [0.5, 0.6) is 0 Å². The summed E-state index contributed by atoms with van der Waals surface area (Å²) in [6.07, 6.45) is 2.66. The van der Waals surface area contributed by atoms with Gasteiger partial charge in [-0.15, -0.1) is 35.3 Å². The Morgan fingerprint density at radius 1 is 1.42 bits per heavy atom. The molecule has 0 aliphatic carbocycles. The number of hydrogen-bond acceptors (Lipinski definition) is 4. The Hall–Kier alpha value is -0.830. The number of nitrogens with zero attached hydrogens (tertiary/aromatic N) is 2. The average molecular weight is 465 g/mol. The molecule has 136 valence electrons. The molecule has 2 rings (SSSR count). The molecule has 24 heavy (non-hydrogen) atoms. The summed E-state index contributed by atoms with van der Waals surface area (Å²) in [5.74, 6) is 0.957. The smallest absolute Gasteiger partial charge is 0.309 e. The van der Waals surface area contributed by atoms with Crippen molar-refractivity contribution < 1.29 is 9.53 Å². The van der Waals surface area contributed by atoms with Crippen molar-refractivity contribution in [3.63, 3.8) is 0 Å². The van der Waals surface area contributed by atoms with Gasteiger partial charge in [-0.1, -0.05) is 6.07 Å². The van der Waals surface area contributed by atoms with Crippen LogP contribution in [0.1, 0.15) is 31.6 Å². The van der Waals surface area contributed by atoms with Gasteiger partial charge in [-0.25, -0.2) is 0 Å². The number of nitrogens with one attached hydrogen (secondary N) is 1. The van der Waals surface area contributed by atoms with Crippen molar-refractivity contribution in [2.24, 2.45) is 10.9 Å². The zero-order valence-electron chi connectivity index (χ0n) is 14.5. The minimum atomic E-state index is -0.0493. The van der Waals surface area contributed by atoms with E-state index in [1.165, 1.54) is 4.88 Å². The van der Waals surface area contributed by atoms with E-state index in [0.29, 0.717) is 6.61 Å². The Morgan fingerprint density at radius 2 is 2.17 bits per heavy atom. The molecule has 0 saturated carbocycles. The summed E-state index contributed by atoms with van der Waals surface area (Å²) in [4.78, 5) is 20.2. The maximum Gasteiger partial charge on any atom is 0.309 e. The topological polar surface area (TPSA) is 53.9 Å². The zero-order chi connectivity index (χ0) is 16.5. The third-order valence-corrected chi connectivity index (χ3v) is 4.89. The summed E-state index contributed by atoms with van der Waals surface area (Å²) in [5.41, 5.74) is 0. The lowest BCUT2D eigenvalue weighted by molar-refractivity contribution is -0.149. The van der Waals surface area contributed by atoms with Gasteiger partial charge in [0.05, 0.1) is 12.5 Å². The molecule has 0 atom stereocenters. The first-order valence-electron chi connectivity index (χ1n) is 8.46. The lowest BCUT2D eigenvalue weighted by atomic mass is 9.97. The molecular weight excluding hydrogens is 437 g/mol. The van der Waals surface area contributed by atoms with Gasteiger partial charge in [0.25, 0.3) is 0 Å². The van der Waals surface area contributed by atoms with Crippen molar-refractivity contribution in [1.29, 1.82) is 0 Å². The third-order valence-electron chi connectivity index (χ3n) is 3.95. The quantitative estimate of drug-likeness (QED) is 0.304. The number of likely N-dealkylation sites (tertiary alicyclic amines) is 1. The van der Waals surface area contributed by atoms with E-state index in [1.54, 1.807) is 11.3 Å². The number of piperidine rings is 1. The van der Waals surface area contributed by atoms with Crippen LogP contribution in [0.15, 0.2) is 22.5 Å². The van der Waals surface area contributed by atoms with E-state index in [0.717, 1.165) is 51.4 Å². The van der Waals surface area contributed by atoms with E-state index in [9.17, 15) is 4.79 Å². The number of ether oxygens (including phenoxy) is 1. The number of guanidine groups is 1. The van der Waals surface area contributed by atoms with Crippen LogP contribution >= 0.6 is 35.3 Å². The van der Waals surface area contributed by atoms with Crippen LogP contribution in [0.4, 0.5) is 0 Å². The molecule has 1 aromatic heterocycles. The number of esters is 1. The van der Waals surface area contributed by atoms with Gasteiger partial charge in [-0.2, -0.15) is 0 Å². The molecule has 0 amide bonds. The first-order valence-corrected chi connectivity index (χ1v) is 9.34. The van der Waals surface area contributed by atoms with Crippen LogP contribution in [0, 0.1) is 5.92 Å². The van der Waals surface area contributed by atoms with Crippen LogP contribution in [0.3, 0.4) is 0 Å². The lowest BCUT2D eigenvalue weighted by Crippen LogP contribution is -2.46. The molecule has 1 N–H and O–H groups in total. The maximum atomic E-state index is 11.8. The van der Waals surface area contributed by atoms with Crippen molar-refractivity contribution in [2.75, 3.05) is 32.8 Å². The van der Waals surface area contributed by atoms with E-state index in [2.05, 4.69) is 34.7 Å². The van der Waals surface area contributed by atoms with Gasteiger partial charge >= 0.3 is 5.97 Å². The summed E-state index contributed by atoms with van der Waals surface area (Å²) in [6, 6.07) is 4.23. The summed E-state index contributed by atoms with van der Waals surface area (Å²) in [5, 5.41) is 5.47. The molecule has 0 unspecified atom stereocenters. The van der Waals surface area contributed by atoms with Crippen molar-refractivity contribution in [3.8, 4) is 0 Å². The SMILES string of the molecule is CCNC(=NCCc1cccs1)N1CCC(C(=O)OCC)CC1.I. The molecule has 7 heteroatoms. The minimum absolute atomic E-state index is 0. The first kappa shape index (κ1) is 21.2. The molecule has 0 radical (unpaired) electrons. The van der Waals surface area contributed by atoms with Crippen LogP contribution in [-0.4, -0.2) is 49.6 Å². The largest absolute Gasteiger partial charge is 0.466 e. The zero-order valence-corrected chi connectivity index (χ0v) is 17.6. The molecule has 1 fully saturated rings. The fourth-order valence-corrected chi connectivity index (χ4v) is 3.44. The monoisotopic (exact) mass is 465 g/mol. The van der Waals surface area contributed by atoms with Crippen LogP contribution in [-0.2, 0) is 16.0 Å². The summed E-state index contributed by atoms with van der Waals surface area (Å²) in [6.45, 7) is 7.77. The van der Waals surface area contributed by atoms with Crippen molar-refractivity contribution >= 4 is 47.2 Å². The van der Waals surface area contributed by atoms with Crippen molar-refractivity contribution in [1.82, 2.24) is 10.2 Å². The van der Waals surface area contributed by atoms with Gasteiger partial charge in [0.15, 0.2) is 5.96 Å². The number of thiophene rings is 1. The number of halogens is 1. The van der Waals surface area contributed by atoms with E-state index < -0.39 is 0 Å². The second-order valence-corrected chi connectivity index (χ2v) is 6.61. The Balaban J connectivity index is 0.00000288. The molecule has 5 nitrogen and oxygen atoms in total. The van der Waals surface area contributed by atoms with E-state index in [-0.39, 0.29) is 35.9 Å². The average Bonchev–Trinajstić information content (AvgIpc) is 3.08. The second kappa shape index (κ2) is 11.7. The predicted molar refractivity (Wildman–Crippen MR) is 110 cm³/mol. The van der Waals surface area contributed by atoms with Gasteiger partial charge in [-0.05, 0) is 38.1 Å². The maximum absolute atomic E-state index is 11.8. The lowest BCUT2D eigenvalue weighted by Gasteiger charge is -2.33. The molecule has 2 heterocycles. The number of rotatable bonds is 6. The van der Waals surface area contributed by atoms with Crippen molar-refractivity contribution in [2.45, 2.75) is 33.1 Å². The Kier molecular flexibility index (Phi) is 10.3. The van der Waals surface area contributed by atoms with Gasteiger partial charge in [0, 0.05) is 37.5 Å². The number of hydrogen-bond donors (Lipinski definition) is 1. The van der Waals surface area contributed by atoms with Gasteiger partial charge in [-0.3, -0.25) is 9.79 Å². The molecule has 1 aliphatic rings. The summed E-state index contributed by atoms with van der Waals surface area (Å²) < 4.78 is 5.13. The standard InChI is InChI=1S/C17H27N3O2S.HI/c1-3-18-17(19-10-7-15-6-5-13-23-15)20-11-8-14(9-12-20)16(21)22-4-2;/h5-6,13-14H,3-4,7-12H2,1-2H3,(H,18,19);1H. The number of aliphatic imine (C=N–C) groups is 1. The Bertz CT molecular complexity index is 500. The van der Waals surface area contributed by atoms with Gasteiger partial charge in [0.1, 0.15) is 0 Å². The Labute approximate surface area is 165 Å². The van der Waals surface area contributed by atoms with Crippen molar-refractivity contribution in [3.05, 3.63) is 22.4 Å². The predicted octanol–water partition coefficient (Wildman–Crippen LogP) is 3.15. The third kappa shape index (κ3) is 6.58. The molecule has 1 saturated heterocycles. The second-order valence-electron chi connectivity index (χ2n) is 5.58. The van der Waals surface area contributed by atoms with Crippen LogP contribution in [0.2, 0.25) is 0 Å². The minimum Gasteiger partial charge on any atom is -0.466 e. The van der Waals surface area contributed by atoms with Crippen LogP contribution in [0.25, 0.3) is 0 Å². The highest BCUT2D eigenvalue weighted by Crippen LogP contribution is 2.19. The molecule has 0 bridgehead atoms. The molecule has 0 aromatic carbocycles. The van der Waals surface area contributed by atoms with E-state index >= 15 is 0 Å². The highest BCUT2D eigenvalue weighted by Gasteiger charge is 2.27. The van der Waals surface area contributed by atoms with Gasteiger partial charge < -0.3 is 15.0 Å².